The second kappa shape index (κ2) is 5.73. The van der Waals surface area contributed by atoms with Crippen molar-refractivity contribution in [1.29, 1.82) is 0 Å². The summed E-state index contributed by atoms with van der Waals surface area (Å²) >= 11 is 0. The number of carbonyl (C=O) groups is 1. The molecule has 20 heavy (non-hydrogen) atoms. The van der Waals surface area contributed by atoms with Gasteiger partial charge in [0.15, 0.2) is 11.5 Å². The summed E-state index contributed by atoms with van der Waals surface area (Å²) in [5.41, 5.74) is 1.16. The summed E-state index contributed by atoms with van der Waals surface area (Å²) in [5.74, 6) is 1.89. The maximum Gasteiger partial charge on any atom is 0.223 e. The van der Waals surface area contributed by atoms with Gasteiger partial charge >= 0.3 is 0 Å². The highest BCUT2D eigenvalue weighted by atomic mass is 16.6. The first-order chi connectivity index (χ1) is 9.79. The minimum Gasteiger partial charge on any atom is -0.486 e. The van der Waals surface area contributed by atoms with Gasteiger partial charge in [-0.2, -0.15) is 0 Å². The molecule has 0 aliphatic carbocycles. The summed E-state index contributed by atoms with van der Waals surface area (Å²) in [6.45, 7) is 4.13. The minimum absolute atomic E-state index is 0.199. The van der Waals surface area contributed by atoms with Crippen molar-refractivity contribution in [3.63, 3.8) is 0 Å². The number of hydrogen-bond donors (Lipinski definition) is 0. The highest BCUT2D eigenvalue weighted by molar-refractivity contribution is 5.77. The highest BCUT2D eigenvalue weighted by Crippen LogP contribution is 2.38. The average Bonchev–Trinajstić information content (AvgIpc) is 2.96. The first kappa shape index (κ1) is 13.3. The van der Waals surface area contributed by atoms with Crippen LogP contribution in [0.3, 0.4) is 0 Å². The number of hydrogen-bond acceptors (Lipinski definition) is 3. The summed E-state index contributed by atoms with van der Waals surface area (Å²) in [5, 5.41) is 0. The van der Waals surface area contributed by atoms with E-state index in [1.807, 2.05) is 24.0 Å². The molecular formula is C16H21NO3. The van der Waals surface area contributed by atoms with Gasteiger partial charge in [-0.1, -0.05) is 13.0 Å². The van der Waals surface area contributed by atoms with Crippen molar-refractivity contribution in [2.45, 2.75) is 38.6 Å². The van der Waals surface area contributed by atoms with Crippen LogP contribution in [0.5, 0.6) is 11.5 Å². The van der Waals surface area contributed by atoms with E-state index in [-0.39, 0.29) is 11.9 Å². The molecule has 0 aromatic heterocycles. The van der Waals surface area contributed by atoms with Gasteiger partial charge in [0.25, 0.3) is 0 Å². The maximum atomic E-state index is 12.2. The van der Waals surface area contributed by atoms with E-state index in [4.69, 9.17) is 9.47 Å². The van der Waals surface area contributed by atoms with Gasteiger partial charge in [-0.3, -0.25) is 4.79 Å². The van der Waals surface area contributed by atoms with E-state index in [2.05, 4.69) is 6.07 Å². The molecule has 4 nitrogen and oxygen atoms in total. The summed E-state index contributed by atoms with van der Waals surface area (Å²) in [6.07, 6.45) is 3.66. The molecule has 1 amide bonds. The Labute approximate surface area is 119 Å². The lowest BCUT2D eigenvalue weighted by molar-refractivity contribution is -0.132. The molecule has 1 atom stereocenters. The number of rotatable bonds is 3. The van der Waals surface area contributed by atoms with Crippen LogP contribution < -0.4 is 9.47 Å². The Morgan fingerprint density at radius 1 is 1.30 bits per heavy atom. The molecule has 0 bridgehead atoms. The fraction of sp³-hybridized carbons (Fsp3) is 0.562. The molecule has 0 saturated carbocycles. The molecule has 0 spiro atoms. The van der Waals surface area contributed by atoms with Crippen LogP contribution in [-0.2, 0) is 4.79 Å². The van der Waals surface area contributed by atoms with Crippen LogP contribution in [-0.4, -0.2) is 30.6 Å². The topological polar surface area (TPSA) is 38.8 Å². The number of fused-ring (bicyclic) bond motifs is 1. The van der Waals surface area contributed by atoms with Crippen LogP contribution in [0.4, 0.5) is 0 Å². The number of nitrogens with zero attached hydrogens (tertiary/aromatic N) is 1. The molecule has 1 aromatic carbocycles. The number of amides is 1. The molecule has 4 heteroatoms. The van der Waals surface area contributed by atoms with Crippen molar-refractivity contribution in [2.24, 2.45) is 0 Å². The number of carbonyl (C=O) groups excluding carboxylic acids is 1. The summed E-state index contributed by atoms with van der Waals surface area (Å²) in [7, 11) is 0. The largest absolute Gasteiger partial charge is 0.486 e. The third kappa shape index (κ3) is 2.47. The molecule has 1 unspecified atom stereocenters. The van der Waals surface area contributed by atoms with Gasteiger partial charge in [-0.25, -0.2) is 0 Å². The van der Waals surface area contributed by atoms with Crippen LogP contribution in [0.2, 0.25) is 0 Å². The molecule has 0 radical (unpaired) electrons. The van der Waals surface area contributed by atoms with Crippen LogP contribution in [0.15, 0.2) is 18.2 Å². The van der Waals surface area contributed by atoms with Crippen molar-refractivity contribution in [3.05, 3.63) is 23.8 Å². The second-order valence-electron chi connectivity index (χ2n) is 5.40. The summed E-state index contributed by atoms with van der Waals surface area (Å²) < 4.78 is 11.2. The smallest absolute Gasteiger partial charge is 0.223 e. The van der Waals surface area contributed by atoms with E-state index in [1.165, 1.54) is 0 Å². The monoisotopic (exact) mass is 275 g/mol. The van der Waals surface area contributed by atoms with Gasteiger partial charge in [0.05, 0.1) is 6.04 Å². The van der Waals surface area contributed by atoms with E-state index in [0.717, 1.165) is 42.9 Å². The fourth-order valence-electron chi connectivity index (χ4n) is 3.04. The van der Waals surface area contributed by atoms with E-state index >= 15 is 0 Å². The van der Waals surface area contributed by atoms with Crippen LogP contribution >= 0.6 is 0 Å². The second-order valence-corrected chi connectivity index (χ2v) is 5.40. The normalized spacial score (nSPS) is 21.1. The third-order valence-corrected chi connectivity index (χ3v) is 3.99. The molecule has 3 rings (SSSR count). The standard InChI is InChI=1S/C16H21NO3/c1-2-4-16(18)17-8-3-5-13(17)12-6-7-14-15(11-12)20-10-9-19-14/h6-7,11,13H,2-5,8-10H2,1H3. The zero-order valence-corrected chi connectivity index (χ0v) is 11.9. The van der Waals surface area contributed by atoms with E-state index in [1.54, 1.807) is 0 Å². The zero-order valence-electron chi connectivity index (χ0n) is 11.9. The average molecular weight is 275 g/mol. The molecule has 1 fully saturated rings. The Hall–Kier alpha value is -1.71. The number of ether oxygens (including phenoxy) is 2. The fourth-order valence-corrected chi connectivity index (χ4v) is 3.04. The maximum absolute atomic E-state index is 12.2. The molecule has 2 aliphatic rings. The first-order valence-corrected chi connectivity index (χ1v) is 7.48. The van der Waals surface area contributed by atoms with Gasteiger partial charge < -0.3 is 14.4 Å². The zero-order chi connectivity index (χ0) is 13.9. The Morgan fingerprint density at radius 2 is 2.10 bits per heavy atom. The molecule has 1 aromatic rings. The lowest BCUT2D eigenvalue weighted by atomic mass is 10.0. The van der Waals surface area contributed by atoms with Crippen LogP contribution in [0.25, 0.3) is 0 Å². The Kier molecular flexibility index (Phi) is 3.81. The summed E-state index contributed by atoms with van der Waals surface area (Å²) in [4.78, 5) is 14.2. The number of benzene rings is 1. The predicted octanol–water partition coefficient (Wildman–Crippen LogP) is 2.92. The van der Waals surface area contributed by atoms with Crippen LogP contribution in [0.1, 0.15) is 44.2 Å². The van der Waals surface area contributed by atoms with Crippen molar-refractivity contribution in [2.75, 3.05) is 19.8 Å². The summed E-state index contributed by atoms with van der Waals surface area (Å²) in [6, 6.07) is 6.27. The van der Waals surface area contributed by atoms with Gasteiger partial charge in [-0.05, 0) is 37.0 Å². The Bertz CT molecular complexity index is 500. The predicted molar refractivity (Wildman–Crippen MR) is 76.0 cm³/mol. The van der Waals surface area contributed by atoms with Gasteiger partial charge in [0.1, 0.15) is 13.2 Å². The SMILES string of the molecule is CCCC(=O)N1CCCC1c1ccc2c(c1)OCCO2. The minimum atomic E-state index is 0.199. The molecule has 2 heterocycles. The number of likely N-dealkylation sites (tertiary alicyclic amines) is 1. The molecule has 1 saturated heterocycles. The molecule has 108 valence electrons. The molecule has 0 N–H and O–H groups in total. The van der Waals surface area contributed by atoms with E-state index in [9.17, 15) is 4.79 Å². The molecule has 2 aliphatic heterocycles. The van der Waals surface area contributed by atoms with Crippen molar-refractivity contribution >= 4 is 5.91 Å². The Morgan fingerprint density at radius 3 is 2.90 bits per heavy atom. The van der Waals surface area contributed by atoms with Crippen LogP contribution in [0, 0.1) is 0 Å². The van der Waals surface area contributed by atoms with Gasteiger partial charge in [-0.15, -0.1) is 0 Å². The first-order valence-electron chi connectivity index (χ1n) is 7.48. The highest BCUT2D eigenvalue weighted by Gasteiger charge is 2.30. The van der Waals surface area contributed by atoms with Crippen molar-refractivity contribution in [1.82, 2.24) is 4.90 Å². The van der Waals surface area contributed by atoms with E-state index in [0.29, 0.717) is 19.6 Å². The van der Waals surface area contributed by atoms with Gasteiger partial charge in [0, 0.05) is 13.0 Å². The molecular weight excluding hydrogens is 254 g/mol. The van der Waals surface area contributed by atoms with E-state index < -0.39 is 0 Å². The van der Waals surface area contributed by atoms with Crippen molar-refractivity contribution < 1.29 is 14.3 Å². The lowest BCUT2D eigenvalue weighted by Crippen LogP contribution is -2.30. The third-order valence-electron chi connectivity index (χ3n) is 3.99. The lowest BCUT2D eigenvalue weighted by Gasteiger charge is -2.26. The van der Waals surface area contributed by atoms with Gasteiger partial charge in [0.2, 0.25) is 5.91 Å². The Balaban J connectivity index is 1.82. The quantitative estimate of drug-likeness (QED) is 0.851. The van der Waals surface area contributed by atoms with Crippen molar-refractivity contribution in [3.8, 4) is 11.5 Å².